The van der Waals surface area contributed by atoms with Gasteiger partial charge in [0, 0.05) is 31.0 Å². The summed E-state index contributed by atoms with van der Waals surface area (Å²) in [5.41, 5.74) is 9.34. The van der Waals surface area contributed by atoms with Crippen LogP contribution in [-0.2, 0) is 10.9 Å². The number of hydrogen-bond donors (Lipinski definition) is 3. The number of nitrogen functional groups attached to an aromatic ring is 1. The van der Waals surface area contributed by atoms with Gasteiger partial charge in [-0.1, -0.05) is 0 Å². The molecular formula is C23H23F5N8O2. The van der Waals surface area contributed by atoms with Crippen molar-refractivity contribution in [2.45, 2.75) is 31.2 Å². The molecule has 1 fully saturated rings. The van der Waals surface area contributed by atoms with E-state index in [4.69, 9.17) is 11.5 Å². The summed E-state index contributed by atoms with van der Waals surface area (Å²) in [7, 11) is 0. The van der Waals surface area contributed by atoms with Gasteiger partial charge in [0.05, 0.1) is 24.1 Å². The van der Waals surface area contributed by atoms with Crippen LogP contribution >= 0.6 is 0 Å². The molecule has 0 bridgehead atoms. The first kappa shape index (κ1) is 27.1. The molecule has 0 radical (unpaired) electrons. The maximum absolute atomic E-state index is 13.5. The molecule has 3 aromatic rings. The van der Waals surface area contributed by atoms with Crippen LogP contribution < -0.4 is 21.7 Å². The molecule has 1 saturated heterocycles. The number of nitrogens with one attached hydrogen (secondary N) is 1. The van der Waals surface area contributed by atoms with Crippen LogP contribution in [0.3, 0.4) is 0 Å². The zero-order chi connectivity index (χ0) is 27.5. The summed E-state index contributed by atoms with van der Waals surface area (Å²) in [4.78, 5) is 30.8. The van der Waals surface area contributed by atoms with Gasteiger partial charge in [0.15, 0.2) is 17.3 Å². The van der Waals surface area contributed by atoms with E-state index >= 15 is 0 Å². The van der Waals surface area contributed by atoms with Crippen LogP contribution in [0.15, 0.2) is 42.9 Å². The lowest BCUT2D eigenvalue weighted by atomic mass is 9.89. The number of halogens is 5. The lowest BCUT2D eigenvalue weighted by molar-refractivity contribution is -0.142. The summed E-state index contributed by atoms with van der Waals surface area (Å²) in [6.07, 6.45) is -0.430. The van der Waals surface area contributed by atoms with Crippen LogP contribution in [0.1, 0.15) is 28.9 Å². The van der Waals surface area contributed by atoms with Crippen LogP contribution in [0.2, 0.25) is 0 Å². The number of amides is 1. The van der Waals surface area contributed by atoms with Crippen molar-refractivity contribution in [2.75, 3.05) is 35.6 Å². The quantitative estimate of drug-likeness (QED) is 0.386. The zero-order valence-corrected chi connectivity index (χ0v) is 19.8. The second kappa shape index (κ2) is 10.8. The van der Waals surface area contributed by atoms with Crippen LogP contribution in [0, 0.1) is 0 Å². The molecule has 0 atom stereocenters. The van der Waals surface area contributed by atoms with Crippen molar-refractivity contribution in [1.29, 1.82) is 0 Å². The Kier molecular flexibility index (Phi) is 7.68. The van der Waals surface area contributed by atoms with Crippen molar-refractivity contribution < 1.29 is 31.5 Å². The molecule has 0 spiro atoms. The van der Waals surface area contributed by atoms with Gasteiger partial charge in [-0.25, -0.2) is 15.0 Å². The van der Waals surface area contributed by atoms with Crippen molar-refractivity contribution in [3.63, 3.8) is 0 Å². The molecule has 0 saturated carbocycles. The van der Waals surface area contributed by atoms with Crippen molar-refractivity contribution in [3.05, 3.63) is 54.1 Å². The monoisotopic (exact) mass is 538 g/mol. The van der Waals surface area contributed by atoms with Gasteiger partial charge in [0.25, 0.3) is 5.91 Å². The number of nitrogens with two attached hydrogens (primary N) is 2. The fourth-order valence-corrected chi connectivity index (χ4v) is 4.00. The van der Waals surface area contributed by atoms with Crippen molar-refractivity contribution in [3.8, 4) is 11.4 Å². The second-order valence-electron chi connectivity index (χ2n) is 8.63. The molecule has 5 N–H and O–H groups in total. The minimum Gasteiger partial charge on any atom is -0.382 e. The Hall–Kier alpha value is -3.98. The Bertz CT molecular complexity index is 1300. The van der Waals surface area contributed by atoms with Crippen molar-refractivity contribution >= 4 is 23.2 Å². The number of piperidine rings is 1. The highest BCUT2D eigenvalue weighted by atomic mass is 19.4. The van der Waals surface area contributed by atoms with E-state index in [2.05, 4.69) is 30.0 Å². The predicted octanol–water partition coefficient (Wildman–Crippen LogP) is 3.32. The highest BCUT2D eigenvalue weighted by Gasteiger charge is 2.35. The molecule has 3 aromatic heterocycles. The molecule has 4 heterocycles. The first-order valence-corrected chi connectivity index (χ1v) is 11.3. The highest BCUT2D eigenvalue weighted by molar-refractivity contribution is 6.06. The van der Waals surface area contributed by atoms with E-state index in [1.807, 2.05) is 4.90 Å². The molecule has 15 heteroatoms. The number of alkyl halides is 5. The normalized spacial score (nSPS) is 15.5. The van der Waals surface area contributed by atoms with E-state index < -0.39 is 41.2 Å². The van der Waals surface area contributed by atoms with Gasteiger partial charge in [-0.05, 0) is 37.1 Å². The molecule has 38 heavy (non-hydrogen) atoms. The van der Waals surface area contributed by atoms with Gasteiger partial charge in [-0.3, -0.25) is 9.78 Å². The number of anilines is 3. The Morgan fingerprint density at radius 1 is 1.13 bits per heavy atom. The van der Waals surface area contributed by atoms with Crippen molar-refractivity contribution in [1.82, 2.24) is 19.9 Å². The van der Waals surface area contributed by atoms with E-state index in [0.717, 1.165) is 24.5 Å². The van der Waals surface area contributed by atoms with Crippen LogP contribution in [0.5, 0.6) is 0 Å². The molecule has 0 aromatic carbocycles. The molecule has 0 unspecified atom stereocenters. The average Bonchev–Trinajstić information content (AvgIpc) is 2.88. The lowest BCUT2D eigenvalue weighted by Crippen LogP contribution is -2.53. The maximum atomic E-state index is 13.5. The Balaban J connectivity index is 1.55. The fourth-order valence-electron chi connectivity index (χ4n) is 4.00. The van der Waals surface area contributed by atoms with Crippen LogP contribution in [-0.4, -0.2) is 57.7 Å². The molecule has 1 aliphatic heterocycles. The number of hydrogen-bond acceptors (Lipinski definition) is 9. The first-order valence-electron chi connectivity index (χ1n) is 11.3. The highest BCUT2D eigenvalue weighted by Crippen LogP contribution is 2.35. The molecule has 202 valence electrons. The minimum absolute atomic E-state index is 0.131. The summed E-state index contributed by atoms with van der Waals surface area (Å²) < 4.78 is 69.6. The van der Waals surface area contributed by atoms with Gasteiger partial charge in [-0.2, -0.15) is 22.0 Å². The fraction of sp³-hybridized carbons (Fsp3) is 0.348. The number of carbonyl (C=O) groups excluding carboxylic acids is 1. The third-order valence-electron chi connectivity index (χ3n) is 5.99. The molecule has 4 rings (SSSR count). The topological polar surface area (TPSA) is 145 Å². The maximum Gasteiger partial charge on any atom is 0.418 e. The van der Waals surface area contributed by atoms with E-state index in [1.54, 1.807) is 12.1 Å². The first-order chi connectivity index (χ1) is 18.0. The average molecular weight is 538 g/mol. The SMILES string of the molecule is Nc1ncc(-c2ncccc2C(F)(F)F)nc1C(=O)Nc1ncccc1N1CCC(N)(COC(F)F)CC1. The third kappa shape index (κ3) is 6.11. The Morgan fingerprint density at radius 3 is 2.50 bits per heavy atom. The van der Waals surface area contributed by atoms with Gasteiger partial charge in [0.1, 0.15) is 11.4 Å². The molecule has 1 aliphatic rings. The summed E-state index contributed by atoms with van der Waals surface area (Å²) in [5, 5.41) is 2.58. The van der Waals surface area contributed by atoms with Crippen LogP contribution in [0.25, 0.3) is 11.4 Å². The van der Waals surface area contributed by atoms with E-state index in [-0.39, 0.29) is 23.9 Å². The summed E-state index contributed by atoms with van der Waals surface area (Å²) in [6, 6.07) is 5.31. The molecule has 10 nitrogen and oxygen atoms in total. The van der Waals surface area contributed by atoms with Crippen molar-refractivity contribution in [2.24, 2.45) is 5.73 Å². The standard InChI is InChI=1S/C23H23F5N8O2/c24-21(25)38-12-22(30)5-9-36(10-6-22)15-4-2-8-32-19(15)35-20(37)17-18(29)33-11-14(34-17)16-13(23(26,27)28)3-1-7-31-16/h1-4,7-8,11,21H,5-6,9-10,12,30H2,(H2,29,33)(H,32,35,37). The van der Waals surface area contributed by atoms with Gasteiger partial charge in [-0.15, -0.1) is 0 Å². The molecule has 0 aliphatic carbocycles. The number of aromatic nitrogens is 4. The Labute approximate surface area is 213 Å². The number of rotatable bonds is 7. The van der Waals surface area contributed by atoms with Gasteiger partial charge < -0.3 is 26.4 Å². The Morgan fingerprint density at radius 2 is 1.82 bits per heavy atom. The number of carbonyl (C=O) groups is 1. The smallest absolute Gasteiger partial charge is 0.382 e. The predicted molar refractivity (Wildman–Crippen MR) is 127 cm³/mol. The van der Waals surface area contributed by atoms with Crippen LogP contribution in [0.4, 0.5) is 39.3 Å². The van der Waals surface area contributed by atoms with E-state index in [1.165, 1.54) is 6.20 Å². The lowest BCUT2D eigenvalue weighted by Gasteiger charge is -2.40. The van der Waals surface area contributed by atoms with E-state index in [9.17, 15) is 26.7 Å². The largest absolute Gasteiger partial charge is 0.418 e. The summed E-state index contributed by atoms with van der Waals surface area (Å²) >= 11 is 0. The summed E-state index contributed by atoms with van der Waals surface area (Å²) in [6.45, 7) is -2.47. The van der Waals surface area contributed by atoms with Gasteiger partial charge >= 0.3 is 12.8 Å². The minimum atomic E-state index is -4.71. The van der Waals surface area contributed by atoms with Gasteiger partial charge in [0.2, 0.25) is 0 Å². The zero-order valence-electron chi connectivity index (χ0n) is 19.8. The number of pyridine rings is 2. The third-order valence-corrected chi connectivity index (χ3v) is 5.99. The number of ether oxygens (including phenoxy) is 1. The second-order valence-corrected chi connectivity index (χ2v) is 8.63. The molecule has 1 amide bonds. The summed E-state index contributed by atoms with van der Waals surface area (Å²) in [5.74, 6) is -1.03. The van der Waals surface area contributed by atoms with E-state index in [0.29, 0.717) is 31.6 Å². The number of nitrogens with zero attached hydrogens (tertiary/aromatic N) is 5. The molecular weight excluding hydrogens is 515 g/mol.